The molecule has 7 heteroatoms. The molecular formula is C29H35N3O4. The average Bonchev–Trinajstić information content (AvgIpc) is 3.26. The van der Waals surface area contributed by atoms with Crippen molar-refractivity contribution in [1.29, 1.82) is 0 Å². The van der Waals surface area contributed by atoms with Crippen molar-refractivity contribution in [2.24, 2.45) is 5.92 Å². The molecule has 3 heterocycles. The maximum Gasteiger partial charge on any atom is 0.409 e. The third kappa shape index (κ3) is 4.97. The molecule has 0 spiro atoms. The van der Waals surface area contributed by atoms with Gasteiger partial charge in [-0.25, -0.2) is 4.79 Å². The molecule has 0 N–H and O–H groups in total. The second kappa shape index (κ2) is 10.7. The first-order valence-electron chi connectivity index (χ1n) is 13.2. The van der Waals surface area contributed by atoms with E-state index in [1.165, 1.54) is 5.56 Å². The van der Waals surface area contributed by atoms with E-state index in [0.717, 1.165) is 50.8 Å². The van der Waals surface area contributed by atoms with Crippen molar-refractivity contribution in [2.45, 2.75) is 51.6 Å². The molecule has 0 atom stereocenters. The van der Waals surface area contributed by atoms with E-state index < -0.39 is 0 Å². The van der Waals surface area contributed by atoms with Crippen LogP contribution in [0.1, 0.15) is 64.4 Å². The first kappa shape index (κ1) is 24.3. The largest absolute Gasteiger partial charge is 0.450 e. The van der Waals surface area contributed by atoms with Crippen molar-refractivity contribution < 1.29 is 19.1 Å². The maximum atomic E-state index is 13.5. The molecular weight excluding hydrogens is 454 g/mol. The van der Waals surface area contributed by atoms with Gasteiger partial charge in [-0.3, -0.25) is 9.59 Å². The van der Waals surface area contributed by atoms with Crippen LogP contribution < -0.4 is 0 Å². The molecule has 7 nitrogen and oxygen atoms in total. The third-order valence-corrected chi connectivity index (χ3v) is 7.90. The zero-order chi connectivity index (χ0) is 25.1. The minimum atomic E-state index is -0.285. The van der Waals surface area contributed by atoms with Crippen molar-refractivity contribution in [3.8, 4) is 0 Å². The van der Waals surface area contributed by atoms with Gasteiger partial charge in [-0.05, 0) is 62.1 Å². The van der Waals surface area contributed by atoms with E-state index in [0.29, 0.717) is 43.3 Å². The van der Waals surface area contributed by atoms with Crippen LogP contribution in [0.2, 0.25) is 0 Å². The number of carbonyl (C=O) groups excluding carboxylic acids is 3. The van der Waals surface area contributed by atoms with Gasteiger partial charge in [-0.15, -0.1) is 0 Å². The molecule has 0 radical (unpaired) electrons. The molecule has 0 unspecified atom stereocenters. The van der Waals surface area contributed by atoms with E-state index in [4.69, 9.17) is 4.74 Å². The van der Waals surface area contributed by atoms with Gasteiger partial charge in [0.05, 0.1) is 17.7 Å². The van der Waals surface area contributed by atoms with E-state index in [1.807, 2.05) is 34.1 Å². The second-order valence-electron chi connectivity index (χ2n) is 10.1. The van der Waals surface area contributed by atoms with E-state index in [1.54, 1.807) is 11.8 Å². The lowest BCUT2D eigenvalue weighted by atomic mass is 9.89. The number of hydrogen-bond acceptors (Lipinski definition) is 4. The summed E-state index contributed by atoms with van der Waals surface area (Å²) in [6.45, 7) is 5.30. The highest BCUT2D eigenvalue weighted by Crippen LogP contribution is 2.32. The van der Waals surface area contributed by atoms with E-state index >= 15 is 0 Å². The predicted molar refractivity (Wildman–Crippen MR) is 137 cm³/mol. The van der Waals surface area contributed by atoms with Crippen molar-refractivity contribution >= 4 is 17.9 Å². The lowest BCUT2D eigenvalue weighted by Crippen LogP contribution is -2.47. The highest BCUT2D eigenvalue weighted by molar-refractivity contribution is 6.09. The van der Waals surface area contributed by atoms with Gasteiger partial charge in [0, 0.05) is 38.8 Å². The summed E-state index contributed by atoms with van der Waals surface area (Å²) in [6.07, 6.45) is 4.16. The van der Waals surface area contributed by atoms with Crippen LogP contribution in [0.4, 0.5) is 4.79 Å². The van der Waals surface area contributed by atoms with Crippen LogP contribution in [0, 0.1) is 5.92 Å². The fourth-order valence-electron chi connectivity index (χ4n) is 5.89. The Morgan fingerprint density at radius 2 is 1.58 bits per heavy atom. The Balaban J connectivity index is 1.21. The highest BCUT2D eigenvalue weighted by atomic mass is 16.6. The number of fused-ring (bicyclic) bond motifs is 1. The molecule has 190 valence electrons. The SMILES string of the molecule is CCOC(=O)N1CCC(N2Cc3cccc(C(=O)N4CCC(Cc5ccccc5)CC4)c3C2=O)CC1. The zero-order valence-electron chi connectivity index (χ0n) is 21.0. The minimum absolute atomic E-state index is 0.0302. The van der Waals surface area contributed by atoms with E-state index in [9.17, 15) is 14.4 Å². The summed E-state index contributed by atoms with van der Waals surface area (Å²) in [5.41, 5.74) is 3.38. The molecule has 36 heavy (non-hydrogen) atoms. The highest BCUT2D eigenvalue weighted by Gasteiger charge is 2.38. The summed E-state index contributed by atoms with van der Waals surface area (Å²) in [5.74, 6) is 0.496. The smallest absolute Gasteiger partial charge is 0.409 e. The van der Waals surface area contributed by atoms with Gasteiger partial charge in [-0.2, -0.15) is 0 Å². The molecule has 0 aliphatic carbocycles. The number of nitrogens with zero attached hydrogens (tertiary/aromatic N) is 3. The first-order chi connectivity index (χ1) is 17.5. The van der Waals surface area contributed by atoms with Gasteiger partial charge in [0.15, 0.2) is 0 Å². The summed E-state index contributed by atoms with van der Waals surface area (Å²) in [4.78, 5) is 44.6. The van der Waals surface area contributed by atoms with Gasteiger partial charge in [0.1, 0.15) is 0 Å². The molecule has 2 fully saturated rings. The Bertz CT molecular complexity index is 1100. The number of hydrogen-bond donors (Lipinski definition) is 0. The lowest BCUT2D eigenvalue weighted by Gasteiger charge is -2.36. The van der Waals surface area contributed by atoms with Crippen LogP contribution in [0.25, 0.3) is 0 Å². The normalized spacial score (nSPS) is 18.9. The standard InChI is InChI=1S/C29H35N3O4/c1-2-36-29(35)31-17-13-24(14-18-31)32-20-23-9-6-10-25(26(23)28(32)34)27(33)30-15-11-22(12-16-30)19-21-7-4-3-5-8-21/h3-10,22,24H,2,11-20H2,1H3. The van der Waals surface area contributed by atoms with Crippen LogP contribution in [0.5, 0.6) is 0 Å². The first-order valence-corrected chi connectivity index (χ1v) is 13.2. The fraction of sp³-hybridized carbons (Fsp3) is 0.483. The number of likely N-dealkylation sites (tertiary alicyclic amines) is 2. The molecule has 2 saturated heterocycles. The molecule has 2 aromatic rings. The summed E-state index contributed by atoms with van der Waals surface area (Å²) in [5, 5.41) is 0. The van der Waals surface area contributed by atoms with Gasteiger partial charge >= 0.3 is 6.09 Å². The van der Waals surface area contributed by atoms with Crippen LogP contribution in [-0.2, 0) is 17.7 Å². The summed E-state index contributed by atoms with van der Waals surface area (Å²) in [6, 6.07) is 16.3. The number of benzene rings is 2. The molecule has 0 bridgehead atoms. The number of ether oxygens (including phenoxy) is 1. The van der Waals surface area contributed by atoms with Crippen molar-refractivity contribution in [1.82, 2.24) is 14.7 Å². The Hall–Kier alpha value is -3.35. The number of rotatable bonds is 5. The molecule has 3 aliphatic heterocycles. The minimum Gasteiger partial charge on any atom is -0.450 e. The van der Waals surface area contributed by atoms with Crippen LogP contribution >= 0.6 is 0 Å². The van der Waals surface area contributed by atoms with E-state index in [2.05, 4.69) is 24.3 Å². The molecule has 0 aromatic heterocycles. The van der Waals surface area contributed by atoms with Gasteiger partial charge in [0.25, 0.3) is 11.8 Å². The fourth-order valence-corrected chi connectivity index (χ4v) is 5.89. The van der Waals surface area contributed by atoms with Gasteiger partial charge in [-0.1, -0.05) is 42.5 Å². The summed E-state index contributed by atoms with van der Waals surface area (Å²) < 4.78 is 5.11. The monoisotopic (exact) mass is 489 g/mol. The quantitative estimate of drug-likeness (QED) is 0.626. The summed E-state index contributed by atoms with van der Waals surface area (Å²) in [7, 11) is 0. The Kier molecular flexibility index (Phi) is 7.25. The Labute approximate surface area is 213 Å². The Morgan fingerprint density at radius 1 is 0.889 bits per heavy atom. The van der Waals surface area contributed by atoms with Crippen LogP contribution in [0.3, 0.4) is 0 Å². The molecule has 0 saturated carbocycles. The van der Waals surface area contributed by atoms with Crippen LogP contribution in [-0.4, -0.2) is 71.4 Å². The van der Waals surface area contributed by atoms with Crippen LogP contribution in [0.15, 0.2) is 48.5 Å². The summed E-state index contributed by atoms with van der Waals surface area (Å²) >= 11 is 0. The second-order valence-corrected chi connectivity index (χ2v) is 10.1. The zero-order valence-corrected chi connectivity index (χ0v) is 21.0. The lowest BCUT2D eigenvalue weighted by molar-refractivity contribution is 0.0551. The van der Waals surface area contributed by atoms with Gasteiger partial charge < -0.3 is 19.4 Å². The van der Waals surface area contributed by atoms with Crippen molar-refractivity contribution in [2.75, 3.05) is 32.8 Å². The number of amides is 3. The average molecular weight is 490 g/mol. The Morgan fingerprint density at radius 3 is 2.28 bits per heavy atom. The number of carbonyl (C=O) groups is 3. The third-order valence-electron chi connectivity index (χ3n) is 7.90. The van der Waals surface area contributed by atoms with E-state index in [-0.39, 0.29) is 23.9 Å². The molecule has 2 aromatic carbocycles. The van der Waals surface area contributed by atoms with Gasteiger partial charge in [0.2, 0.25) is 0 Å². The molecule has 3 aliphatic rings. The topological polar surface area (TPSA) is 70.2 Å². The predicted octanol–water partition coefficient (Wildman–Crippen LogP) is 4.36. The molecule has 5 rings (SSSR count). The maximum absolute atomic E-state index is 13.5. The van der Waals surface area contributed by atoms with Crippen molar-refractivity contribution in [3.63, 3.8) is 0 Å². The number of piperidine rings is 2. The molecule has 3 amide bonds. The van der Waals surface area contributed by atoms with Crippen molar-refractivity contribution in [3.05, 3.63) is 70.8 Å².